The fraction of sp³-hybridized carbons (Fsp3) is 0.200. The van der Waals surface area contributed by atoms with Crippen molar-refractivity contribution in [3.63, 3.8) is 0 Å². The van der Waals surface area contributed by atoms with Crippen LogP contribution in [0, 0.1) is 6.92 Å². The smallest absolute Gasteiger partial charge is 0.337 e. The highest BCUT2D eigenvalue weighted by Gasteiger charge is 2.39. The summed E-state index contributed by atoms with van der Waals surface area (Å²) in [5, 5.41) is 0.619. The van der Waals surface area contributed by atoms with Gasteiger partial charge < -0.3 is 4.90 Å². The first-order chi connectivity index (χ1) is 15.9. The summed E-state index contributed by atoms with van der Waals surface area (Å²) in [6.45, 7) is 2.07. The van der Waals surface area contributed by atoms with Gasteiger partial charge >= 0.3 is 6.18 Å². The molecule has 0 saturated carbocycles. The second kappa shape index (κ2) is 10.8. The standard InChI is InChI=1S/C25H20Cl3F3N2O/c1-15-9-16(4-7-22(25(29,30)31)18-10-19(26)12-20(27)11-18)3-6-21(15)24(34)33(2)14-17-5-8-23(28)32-13-17/h3-13,22H,14H2,1-2H3. The van der Waals surface area contributed by atoms with Gasteiger partial charge in [-0.1, -0.05) is 65.2 Å². The quantitative estimate of drug-likeness (QED) is 0.304. The summed E-state index contributed by atoms with van der Waals surface area (Å²) in [7, 11) is 1.66. The molecule has 0 aliphatic heterocycles. The van der Waals surface area contributed by atoms with E-state index in [1.807, 2.05) is 0 Å². The number of rotatable bonds is 6. The summed E-state index contributed by atoms with van der Waals surface area (Å²) in [6, 6.07) is 12.2. The molecule has 0 N–H and O–H groups in total. The Kier molecular flexibility index (Phi) is 8.29. The number of nitrogens with zero attached hydrogens (tertiary/aromatic N) is 2. The molecule has 0 radical (unpaired) electrons. The number of aromatic nitrogens is 1. The van der Waals surface area contributed by atoms with Crippen molar-refractivity contribution >= 4 is 46.8 Å². The maximum atomic E-state index is 13.7. The van der Waals surface area contributed by atoms with E-state index in [0.717, 1.165) is 11.6 Å². The molecule has 34 heavy (non-hydrogen) atoms. The van der Waals surface area contributed by atoms with Crippen LogP contribution in [0.4, 0.5) is 13.2 Å². The van der Waals surface area contributed by atoms with Crippen molar-refractivity contribution < 1.29 is 18.0 Å². The molecule has 0 aliphatic rings. The van der Waals surface area contributed by atoms with Crippen molar-refractivity contribution in [3.8, 4) is 0 Å². The van der Waals surface area contributed by atoms with Gasteiger partial charge in [-0.15, -0.1) is 0 Å². The molecule has 0 bridgehead atoms. The van der Waals surface area contributed by atoms with Crippen LogP contribution in [-0.2, 0) is 6.54 Å². The number of carbonyl (C=O) groups is 1. The molecule has 0 spiro atoms. The molecule has 0 fully saturated rings. The van der Waals surface area contributed by atoms with Crippen LogP contribution in [0.15, 0.2) is 60.8 Å². The van der Waals surface area contributed by atoms with Crippen molar-refractivity contribution in [2.75, 3.05) is 7.05 Å². The van der Waals surface area contributed by atoms with E-state index in [0.29, 0.717) is 28.4 Å². The van der Waals surface area contributed by atoms with Gasteiger partial charge in [-0.3, -0.25) is 4.79 Å². The summed E-state index contributed by atoms with van der Waals surface area (Å²) in [4.78, 5) is 18.4. The van der Waals surface area contributed by atoms with Crippen molar-refractivity contribution in [2.24, 2.45) is 0 Å². The van der Waals surface area contributed by atoms with Crippen LogP contribution >= 0.6 is 34.8 Å². The lowest BCUT2D eigenvalue weighted by molar-refractivity contribution is -0.139. The van der Waals surface area contributed by atoms with Crippen molar-refractivity contribution in [1.82, 2.24) is 9.88 Å². The van der Waals surface area contributed by atoms with Gasteiger partial charge in [0, 0.05) is 35.4 Å². The molecule has 0 aliphatic carbocycles. The molecule has 2 aromatic carbocycles. The molecular weight excluding hydrogens is 508 g/mol. The molecule has 3 aromatic rings. The highest BCUT2D eigenvalue weighted by Crippen LogP contribution is 2.38. The minimum atomic E-state index is -4.53. The summed E-state index contributed by atoms with van der Waals surface area (Å²) in [5.41, 5.74) is 2.39. The predicted molar refractivity (Wildman–Crippen MR) is 131 cm³/mol. The number of pyridine rings is 1. The van der Waals surface area contributed by atoms with E-state index < -0.39 is 12.1 Å². The SMILES string of the molecule is Cc1cc(C=CC(c2cc(Cl)cc(Cl)c2)C(F)(F)F)ccc1C(=O)N(C)Cc1ccc(Cl)nc1. The normalized spacial score (nSPS) is 12.7. The molecule has 1 aromatic heterocycles. The maximum Gasteiger partial charge on any atom is 0.399 e. The Balaban J connectivity index is 1.80. The number of amides is 1. The van der Waals surface area contributed by atoms with E-state index >= 15 is 0 Å². The third-order valence-electron chi connectivity index (χ3n) is 5.11. The topological polar surface area (TPSA) is 33.2 Å². The minimum absolute atomic E-state index is 0.0527. The average molecular weight is 528 g/mol. The van der Waals surface area contributed by atoms with Crippen LogP contribution in [0.5, 0.6) is 0 Å². The highest BCUT2D eigenvalue weighted by atomic mass is 35.5. The first kappa shape index (κ1) is 26.1. The van der Waals surface area contributed by atoms with Gasteiger partial charge in [-0.2, -0.15) is 13.2 Å². The second-order valence-electron chi connectivity index (χ2n) is 7.81. The molecule has 1 heterocycles. The van der Waals surface area contributed by atoms with Gasteiger partial charge in [0.25, 0.3) is 5.91 Å². The molecule has 1 amide bonds. The zero-order valence-corrected chi connectivity index (χ0v) is 20.5. The molecular formula is C25H20Cl3F3N2O. The van der Waals surface area contributed by atoms with Crippen LogP contribution < -0.4 is 0 Å². The van der Waals surface area contributed by atoms with Crippen molar-refractivity contribution in [3.05, 3.63) is 104 Å². The molecule has 9 heteroatoms. The van der Waals surface area contributed by atoms with Gasteiger partial charge in [-0.05, 0) is 59.5 Å². The lowest BCUT2D eigenvalue weighted by atomic mass is 9.96. The second-order valence-corrected chi connectivity index (χ2v) is 9.07. The summed E-state index contributed by atoms with van der Waals surface area (Å²) >= 11 is 17.6. The van der Waals surface area contributed by atoms with Gasteiger partial charge in [0.1, 0.15) is 5.15 Å². The number of aryl methyl sites for hydroxylation is 1. The van der Waals surface area contributed by atoms with E-state index in [9.17, 15) is 18.0 Å². The minimum Gasteiger partial charge on any atom is -0.337 e. The van der Waals surface area contributed by atoms with E-state index in [-0.39, 0.29) is 21.5 Å². The summed E-state index contributed by atoms with van der Waals surface area (Å²) < 4.78 is 41.1. The van der Waals surface area contributed by atoms with Crippen molar-refractivity contribution in [2.45, 2.75) is 25.6 Å². The fourth-order valence-corrected chi connectivity index (χ4v) is 4.11. The predicted octanol–water partition coefficient (Wildman–Crippen LogP) is 7.98. The Morgan fingerprint density at radius 2 is 1.74 bits per heavy atom. The zero-order valence-electron chi connectivity index (χ0n) is 18.2. The third-order valence-corrected chi connectivity index (χ3v) is 5.77. The Morgan fingerprint density at radius 1 is 1.06 bits per heavy atom. The number of carbonyl (C=O) groups excluding carboxylic acids is 1. The van der Waals surface area contributed by atoms with E-state index in [4.69, 9.17) is 34.8 Å². The molecule has 178 valence electrons. The first-order valence-electron chi connectivity index (χ1n) is 10.1. The Bertz CT molecular complexity index is 1190. The molecule has 3 nitrogen and oxygen atoms in total. The van der Waals surface area contributed by atoms with Crippen LogP contribution in [0.1, 0.15) is 38.5 Å². The number of hydrogen-bond acceptors (Lipinski definition) is 2. The van der Waals surface area contributed by atoms with Crippen LogP contribution in [0.25, 0.3) is 6.08 Å². The molecule has 1 atom stereocenters. The van der Waals surface area contributed by atoms with E-state index in [1.54, 1.807) is 50.5 Å². The van der Waals surface area contributed by atoms with Crippen LogP contribution in [0.3, 0.4) is 0 Å². The van der Waals surface area contributed by atoms with Gasteiger partial charge in [0.15, 0.2) is 0 Å². The Hall–Kier alpha value is -2.54. The molecule has 3 rings (SSSR count). The Morgan fingerprint density at radius 3 is 2.29 bits per heavy atom. The highest BCUT2D eigenvalue weighted by molar-refractivity contribution is 6.34. The maximum absolute atomic E-state index is 13.7. The lowest BCUT2D eigenvalue weighted by Crippen LogP contribution is -2.26. The van der Waals surface area contributed by atoms with Crippen LogP contribution in [-0.4, -0.2) is 29.0 Å². The Labute approximate surface area is 210 Å². The number of alkyl halides is 3. The van der Waals surface area contributed by atoms with Crippen LogP contribution in [0.2, 0.25) is 15.2 Å². The summed E-state index contributed by atoms with van der Waals surface area (Å²) in [6.07, 6.45) is -0.513. The summed E-state index contributed by atoms with van der Waals surface area (Å²) in [5.74, 6) is -2.10. The number of halogens is 6. The zero-order chi connectivity index (χ0) is 25.0. The van der Waals surface area contributed by atoms with Gasteiger partial charge in [0.2, 0.25) is 0 Å². The van der Waals surface area contributed by atoms with E-state index in [2.05, 4.69) is 4.98 Å². The fourth-order valence-electron chi connectivity index (χ4n) is 3.45. The van der Waals surface area contributed by atoms with Crippen molar-refractivity contribution in [1.29, 1.82) is 0 Å². The first-order valence-corrected chi connectivity index (χ1v) is 11.2. The van der Waals surface area contributed by atoms with Gasteiger partial charge in [0.05, 0.1) is 5.92 Å². The largest absolute Gasteiger partial charge is 0.399 e. The number of allylic oxidation sites excluding steroid dienone is 1. The molecule has 1 unspecified atom stereocenters. The third kappa shape index (κ3) is 6.75. The monoisotopic (exact) mass is 526 g/mol. The lowest BCUT2D eigenvalue weighted by Gasteiger charge is -2.19. The molecule has 0 saturated heterocycles. The number of hydrogen-bond donors (Lipinski definition) is 0. The van der Waals surface area contributed by atoms with Gasteiger partial charge in [-0.25, -0.2) is 4.98 Å². The van der Waals surface area contributed by atoms with E-state index in [1.165, 1.54) is 29.2 Å². The average Bonchev–Trinajstić information content (AvgIpc) is 2.73. The number of benzene rings is 2.